The third kappa shape index (κ3) is 3.20. The van der Waals surface area contributed by atoms with Crippen LogP contribution in [0, 0.1) is 5.41 Å². The second-order valence-electron chi connectivity index (χ2n) is 5.79. The number of piperidine rings is 1. The Kier molecular flexibility index (Phi) is 4.85. The molecule has 0 amide bonds. The first-order chi connectivity index (χ1) is 9.84. The fraction of sp³-hybridized carbons (Fsp3) is 0.600. The van der Waals surface area contributed by atoms with Crippen LogP contribution in [0.25, 0.3) is 0 Å². The summed E-state index contributed by atoms with van der Waals surface area (Å²) in [6.45, 7) is 5.53. The number of hydrogen-bond acceptors (Lipinski definition) is 3. The summed E-state index contributed by atoms with van der Waals surface area (Å²) in [5.74, 6) is 0. The van der Waals surface area contributed by atoms with Crippen LogP contribution in [0.15, 0.2) is 23.1 Å². The molecule has 4 nitrogen and oxygen atoms in total. The van der Waals surface area contributed by atoms with E-state index < -0.39 is 10.0 Å². The predicted molar refractivity (Wildman–Crippen MR) is 86.9 cm³/mol. The second kappa shape index (κ2) is 6.15. The summed E-state index contributed by atoms with van der Waals surface area (Å²) in [5, 5.41) is 0.282. The first-order valence-corrected chi connectivity index (χ1v) is 9.21. The molecule has 118 valence electrons. The minimum atomic E-state index is -3.47. The van der Waals surface area contributed by atoms with E-state index in [1.54, 1.807) is 10.4 Å². The zero-order valence-electron chi connectivity index (χ0n) is 12.6. The highest BCUT2D eigenvalue weighted by Gasteiger charge is 2.36. The van der Waals surface area contributed by atoms with Crippen LogP contribution >= 0.6 is 11.6 Å². The lowest BCUT2D eigenvalue weighted by molar-refractivity contribution is 0.141. The van der Waals surface area contributed by atoms with E-state index in [0.717, 1.165) is 25.7 Å². The Morgan fingerprint density at radius 3 is 2.29 bits per heavy atom. The van der Waals surface area contributed by atoms with Crippen molar-refractivity contribution >= 4 is 27.3 Å². The molecule has 2 N–H and O–H groups in total. The molecular weight excluding hydrogens is 308 g/mol. The monoisotopic (exact) mass is 330 g/mol. The molecule has 1 fully saturated rings. The molecule has 2 rings (SSSR count). The van der Waals surface area contributed by atoms with Crippen molar-refractivity contribution in [2.45, 2.75) is 44.4 Å². The van der Waals surface area contributed by atoms with Gasteiger partial charge in [-0.1, -0.05) is 38.3 Å². The van der Waals surface area contributed by atoms with Crippen LogP contribution in [0.1, 0.15) is 39.5 Å². The number of halogens is 1. The predicted octanol–water partition coefficient (Wildman–Crippen LogP) is 3.51. The van der Waals surface area contributed by atoms with Gasteiger partial charge in [-0.3, -0.25) is 0 Å². The zero-order valence-corrected chi connectivity index (χ0v) is 14.2. The lowest BCUT2D eigenvalue weighted by atomic mass is 9.75. The highest BCUT2D eigenvalue weighted by Crippen LogP contribution is 2.39. The summed E-state index contributed by atoms with van der Waals surface area (Å²) < 4.78 is 26.9. The summed E-state index contributed by atoms with van der Waals surface area (Å²) in [5.41, 5.74) is 6.33. The third-order valence-corrected chi connectivity index (χ3v) is 7.11. The van der Waals surface area contributed by atoms with Crippen molar-refractivity contribution in [2.75, 3.05) is 18.8 Å². The van der Waals surface area contributed by atoms with E-state index in [4.69, 9.17) is 17.3 Å². The van der Waals surface area contributed by atoms with Crippen LogP contribution in [0.3, 0.4) is 0 Å². The van der Waals surface area contributed by atoms with E-state index in [1.807, 2.05) is 0 Å². The van der Waals surface area contributed by atoms with Gasteiger partial charge in [0.25, 0.3) is 0 Å². The summed E-state index contributed by atoms with van der Waals surface area (Å²) in [7, 11) is -3.47. The van der Waals surface area contributed by atoms with E-state index in [1.165, 1.54) is 12.1 Å². The first kappa shape index (κ1) is 16.6. The highest BCUT2D eigenvalue weighted by atomic mass is 35.5. The Bertz CT molecular complexity index is 602. The van der Waals surface area contributed by atoms with E-state index in [0.29, 0.717) is 24.2 Å². The SMILES string of the molecule is CCC1(CC)CCN(S(=O)(=O)c2ccc(N)c(Cl)c2)CC1. The van der Waals surface area contributed by atoms with Gasteiger partial charge in [0, 0.05) is 13.1 Å². The van der Waals surface area contributed by atoms with E-state index >= 15 is 0 Å². The van der Waals surface area contributed by atoms with Gasteiger partial charge in [0.1, 0.15) is 0 Å². The molecule has 1 aliphatic heterocycles. The maximum Gasteiger partial charge on any atom is 0.243 e. The summed E-state index contributed by atoms with van der Waals surface area (Å²) in [6, 6.07) is 4.51. The highest BCUT2D eigenvalue weighted by molar-refractivity contribution is 7.89. The smallest absolute Gasteiger partial charge is 0.243 e. The number of hydrogen-bond donors (Lipinski definition) is 1. The molecule has 0 aromatic heterocycles. The maximum atomic E-state index is 12.7. The van der Waals surface area contributed by atoms with Gasteiger partial charge >= 0.3 is 0 Å². The van der Waals surface area contributed by atoms with E-state index in [2.05, 4.69) is 13.8 Å². The molecule has 0 aliphatic carbocycles. The number of nitrogens with two attached hydrogens (primary N) is 1. The molecule has 0 saturated carbocycles. The van der Waals surface area contributed by atoms with Crippen molar-refractivity contribution in [3.63, 3.8) is 0 Å². The van der Waals surface area contributed by atoms with Crippen molar-refractivity contribution in [3.8, 4) is 0 Å². The Balaban J connectivity index is 2.20. The number of nitrogens with zero attached hydrogens (tertiary/aromatic N) is 1. The van der Waals surface area contributed by atoms with Gasteiger partial charge in [-0.05, 0) is 36.5 Å². The van der Waals surface area contributed by atoms with Gasteiger partial charge in [0.2, 0.25) is 10.0 Å². The van der Waals surface area contributed by atoms with Crippen LogP contribution in [-0.2, 0) is 10.0 Å². The Morgan fingerprint density at radius 2 is 1.81 bits per heavy atom. The molecule has 6 heteroatoms. The molecular formula is C15H23ClN2O2S. The maximum absolute atomic E-state index is 12.7. The summed E-state index contributed by atoms with van der Waals surface area (Å²) in [4.78, 5) is 0.224. The quantitative estimate of drug-likeness (QED) is 0.859. The van der Waals surface area contributed by atoms with Gasteiger partial charge in [-0.2, -0.15) is 4.31 Å². The fourth-order valence-electron chi connectivity index (χ4n) is 2.98. The first-order valence-electron chi connectivity index (χ1n) is 7.40. The standard InChI is InChI=1S/C15H23ClN2O2S/c1-3-15(4-2)7-9-18(10-8-15)21(19,20)12-5-6-14(17)13(16)11-12/h5-6,11H,3-4,7-10,17H2,1-2H3. The van der Waals surface area contributed by atoms with Gasteiger partial charge in [0.15, 0.2) is 0 Å². The number of rotatable bonds is 4. The molecule has 0 radical (unpaired) electrons. The van der Waals surface area contributed by atoms with E-state index in [9.17, 15) is 8.42 Å². The van der Waals surface area contributed by atoms with Crippen molar-refractivity contribution in [1.29, 1.82) is 0 Å². The molecule has 1 aromatic rings. The number of sulfonamides is 1. The average Bonchev–Trinajstić information content (AvgIpc) is 2.50. The lowest BCUT2D eigenvalue weighted by Crippen LogP contribution is -2.42. The Morgan fingerprint density at radius 1 is 1.24 bits per heavy atom. The number of benzene rings is 1. The molecule has 0 atom stereocenters. The molecule has 1 saturated heterocycles. The summed E-state index contributed by atoms with van der Waals surface area (Å²) in [6.07, 6.45) is 4.04. The molecule has 1 aliphatic rings. The van der Waals surface area contributed by atoms with Gasteiger partial charge in [-0.15, -0.1) is 0 Å². The van der Waals surface area contributed by atoms with Crippen LogP contribution < -0.4 is 5.73 Å². The van der Waals surface area contributed by atoms with Gasteiger partial charge in [0.05, 0.1) is 15.6 Å². The van der Waals surface area contributed by atoms with Gasteiger partial charge < -0.3 is 5.73 Å². The average molecular weight is 331 g/mol. The molecule has 0 unspecified atom stereocenters. The van der Waals surface area contributed by atoms with Crippen molar-refractivity contribution in [1.82, 2.24) is 4.31 Å². The van der Waals surface area contributed by atoms with Crippen LogP contribution in [-0.4, -0.2) is 25.8 Å². The Labute approximate surface area is 132 Å². The van der Waals surface area contributed by atoms with Crippen LogP contribution in [0.5, 0.6) is 0 Å². The van der Waals surface area contributed by atoms with Crippen molar-refractivity contribution < 1.29 is 8.42 Å². The van der Waals surface area contributed by atoms with Crippen LogP contribution in [0.4, 0.5) is 5.69 Å². The molecule has 0 bridgehead atoms. The normalized spacial score (nSPS) is 19.6. The lowest BCUT2D eigenvalue weighted by Gasteiger charge is -2.40. The minimum Gasteiger partial charge on any atom is -0.398 e. The molecule has 1 aromatic carbocycles. The summed E-state index contributed by atoms with van der Waals surface area (Å²) >= 11 is 5.94. The number of nitrogen functional groups attached to an aromatic ring is 1. The molecule has 0 spiro atoms. The Hall–Kier alpha value is -0.780. The zero-order chi connectivity index (χ0) is 15.7. The van der Waals surface area contributed by atoms with E-state index in [-0.39, 0.29) is 9.92 Å². The third-order valence-electron chi connectivity index (χ3n) is 4.89. The minimum absolute atomic E-state index is 0.224. The van der Waals surface area contributed by atoms with Gasteiger partial charge in [-0.25, -0.2) is 8.42 Å². The van der Waals surface area contributed by atoms with Crippen molar-refractivity contribution in [3.05, 3.63) is 23.2 Å². The second-order valence-corrected chi connectivity index (χ2v) is 8.14. The molecule has 21 heavy (non-hydrogen) atoms. The largest absolute Gasteiger partial charge is 0.398 e. The van der Waals surface area contributed by atoms with Crippen molar-refractivity contribution in [2.24, 2.45) is 5.41 Å². The fourth-order valence-corrected chi connectivity index (χ4v) is 4.69. The van der Waals surface area contributed by atoms with Crippen LogP contribution in [0.2, 0.25) is 5.02 Å². The topological polar surface area (TPSA) is 63.4 Å². The number of anilines is 1. The molecule has 1 heterocycles.